The van der Waals surface area contributed by atoms with Crippen molar-refractivity contribution in [2.75, 3.05) is 5.73 Å². The van der Waals surface area contributed by atoms with E-state index in [-0.39, 0.29) is 22.2 Å². The first-order chi connectivity index (χ1) is 10.1. The normalized spacial score (nSPS) is 10.8. The lowest BCUT2D eigenvalue weighted by Gasteiger charge is -2.05. The summed E-state index contributed by atoms with van der Waals surface area (Å²) in [5.41, 5.74) is 8.58. The topological polar surface area (TPSA) is 52.0 Å². The van der Waals surface area contributed by atoms with Gasteiger partial charge in [0.25, 0.3) is 0 Å². The van der Waals surface area contributed by atoms with Gasteiger partial charge in [0.15, 0.2) is 17.4 Å². The van der Waals surface area contributed by atoms with Crippen LogP contribution in [0.5, 0.6) is 0 Å². The summed E-state index contributed by atoms with van der Waals surface area (Å²) in [7, 11) is 0. The second-order valence-corrected chi connectivity index (χ2v) is 5.15. The van der Waals surface area contributed by atoms with Crippen LogP contribution in [-0.2, 0) is 0 Å². The van der Waals surface area contributed by atoms with Gasteiger partial charge in [-0.3, -0.25) is 0 Å². The average Bonchev–Trinajstić information content (AvgIpc) is 2.83. The van der Waals surface area contributed by atoms with Gasteiger partial charge in [-0.2, -0.15) is 0 Å². The molecule has 0 saturated carbocycles. The van der Waals surface area contributed by atoms with E-state index in [1.807, 2.05) is 31.2 Å². The van der Waals surface area contributed by atoms with Crippen LogP contribution in [0.4, 0.5) is 10.2 Å². The van der Waals surface area contributed by atoms with Gasteiger partial charge in [-0.25, -0.2) is 4.39 Å². The highest BCUT2D eigenvalue weighted by Gasteiger charge is 2.21. The van der Waals surface area contributed by atoms with Gasteiger partial charge in [0.1, 0.15) is 0 Å². The lowest BCUT2D eigenvalue weighted by atomic mass is 10.00. The van der Waals surface area contributed by atoms with Crippen molar-refractivity contribution >= 4 is 17.4 Å². The van der Waals surface area contributed by atoms with Crippen molar-refractivity contribution in [3.8, 4) is 22.5 Å². The van der Waals surface area contributed by atoms with Gasteiger partial charge in [-0.05, 0) is 24.6 Å². The summed E-state index contributed by atoms with van der Waals surface area (Å²) in [5, 5.41) is 3.79. The Morgan fingerprint density at radius 2 is 1.95 bits per heavy atom. The van der Waals surface area contributed by atoms with Crippen molar-refractivity contribution in [3.05, 3.63) is 58.9 Å². The van der Waals surface area contributed by atoms with Crippen molar-refractivity contribution in [2.45, 2.75) is 6.92 Å². The summed E-state index contributed by atoms with van der Waals surface area (Å²) in [6.45, 7) is 1.97. The van der Waals surface area contributed by atoms with E-state index in [2.05, 4.69) is 5.16 Å². The molecule has 0 aliphatic heterocycles. The molecule has 1 heterocycles. The molecule has 0 amide bonds. The molecular weight excluding hydrogens is 291 g/mol. The Labute approximate surface area is 126 Å². The number of anilines is 1. The van der Waals surface area contributed by atoms with Gasteiger partial charge < -0.3 is 10.3 Å². The van der Waals surface area contributed by atoms with Crippen molar-refractivity contribution in [1.29, 1.82) is 0 Å². The van der Waals surface area contributed by atoms with E-state index in [1.54, 1.807) is 12.1 Å². The van der Waals surface area contributed by atoms with E-state index < -0.39 is 5.82 Å². The fourth-order valence-electron chi connectivity index (χ4n) is 2.24. The number of aryl methyl sites for hydroxylation is 1. The first-order valence-electron chi connectivity index (χ1n) is 6.34. The lowest BCUT2D eigenvalue weighted by Crippen LogP contribution is -1.91. The fourth-order valence-corrected chi connectivity index (χ4v) is 2.42. The van der Waals surface area contributed by atoms with E-state index in [0.29, 0.717) is 5.56 Å². The maximum atomic E-state index is 14.2. The quantitative estimate of drug-likeness (QED) is 0.747. The van der Waals surface area contributed by atoms with E-state index in [0.717, 1.165) is 11.1 Å². The third-order valence-electron chi connectivity index (χ3n) is 3.22. The predicted molar refractivity (Wildman–Crippen MR) is 81.5 cm³/mol. The molecule has 1 aromatic heterocycles. The maximum Gasteiger partial charge on any atom is 0.179 e. The second kappa shape index (κ2) is 5.22. The van der Waals surface area contributed by atoms with Gasteiger partial charge in [0, 0.05) is 0 Å². The Morgan fingerprint density at radius 3 is 2.71 bits per heavy atom. The van der Waals surface area contributed by atoms with Crippen LogP contribution in [0.2, 0.25) is 5.02 Å². The molecule has 106 valence electrons. The molecule has 2 aromatic carbocycles. The Balaban J connectivity index is 2.24. The molecule has 3 aromatic rings. The molecule has 0 unspecified atom stereocenters. The highest BCUT2D eigenvalue weighted by molar-refractivity contribution is 6.31. The van der Waals surface area contributed by atoms with Gasteiger partial charge >= 0.3 is 0 Å². The molecule has 2 N–H and O–H groups in total. The van der Waals surface area contributed by atoms with Gasteiger partial charge in [-0.15, -0.1) is 0 Å². The number of nitrogens with zero attached hydrogens (tertiary/aromatic N) is 1. The smallest absolute Gasteiger partial charge is 0.179 e. The molecule has 3 rings (SSSR count). The lowest BCUT2D eigenvalue weighted by molar-refractivity contribution is 0.433. The van der Waals surface area contributed by atoms with E-state index in [9.17, 15) is 4.39 Å². The third-order valence-corrected chi connectivity index (χ3v) is 3.51. The molecule has 0 fully saturated rings. The number of rotatable bonds is 2. The zero-order valence-electron chi connectivity index (χ0n) is 11.2. The molecule has 5 heteroatoms. The van der Waals surface area contributed by atoms with Crippen LogP contribution in [0.1, 0.15) is 5.56 Å². The fraction of sp³-hybridized carbons (Fsp3) is 0.0625. The van der Waals surface area contributed by atoms with Crippen molar-refractivity contribution in [1.82, 2.24) is 5.16 Å². The van der Waals surface area contributed by atoms with E-state index in [4.69, 9.17) is 21.9 Å². The minimum Gasteiger partial charge on any atom is -0.380 e. The summed E-state index contributed by atoms with van der Waals surface area (Å²) in [6, 6.07) is 12.4. The Bertz CT molecular complexity index is 814. The number of aromatic nitrogens is 1. The maximum absolute atomic E-state index is 14.2. The minimum atomic E-state index is -0.552. The number of hydrogen-bond acceptors (Lipinski definition) is 3. The summed E-state index contributed by atoms with van der Waals surface area (Å²) in [5.74, 6) is -0.0581. The van der Waals surface area contributed by atoms with E-state index >= 15 is 0 Å². The first kappa shape index (κ1) is 13.6. The van der Waals surface area contributed by atoms with Gasteiger partial charge in [0.2, 0.25) is 0 Å². The number of halogens is 2. The van der Waals surface area contributed by atoms with Crippen LogP contribution in [0.3, 0.4) is 0 Å². The highest BCUT2D eigenvalue weighted by atomic mass is 35.5. The summed E-state index contributed by atoms with van der Waals surface area (Å²) >= 11 is 5.83. The largest absolute Gasteiger partial charge is 0.380 e. The first-order valence-corrected chi connectivity index (χ1v) is 6.72. The molecule has 0 radical (unpaired) electrons. The molecule has 0 bridgehead atoms. The van der Waals surface area contributed by atoms with Crippen LogP contribution >= 0.6 is 11.6 Å². The Hall–Kier alpha value is -2.33. The molecule has 0 aliphatic carbocycles. The van der Waals surface area contributed by atoms with E-state index in [1.165, 1.54) is 6.07 Å². The number of nitrogen functional groups attached to an aromatic ring is 1. The van der Waals surface area contributed by atoms with Crippen LogP contribution in [0, 0.1) is 12.7 Å². The number of nitrogens with two attached hydrogens (primary N) is 1. The zero-order chi connectivity index (χ0) is 15.0. The molecule has 0 aliphatic rings. The molecule has 0 atom stereocenters. The van der Waals surface area contributed by atoms with Crippen molar-refractivity contribution in [3.63, 3.8) is 0 Å². The van der Waals surface area contributed by atoms with Crippen LogP contribution in [0.15, 0.2) is 47.0 Å². The van der Waals surface area contributed by atoms with Crippen LogP contribution in [-0.4, -0.2) is 5.16 Å². The standard InChI is InChI=1S/C16H12ClFN2O/c1-9-4-2-5-10(8-9)13-15(21-20-16(13)19)11-6-3-7-12(17)14(11)18/h2-8H,1H3,(H2,19,20). The SMILES string of the molecule is Cc1cccc(-c2c(N)noc2-c2cccc(Cl)c2F)c1. The molecule has 0 spiro atoms. The third kappa shape index (κ3) is 2.38. The second-order valence-electron chi connectivity index (χ2n) is 4.74. The molecular formula is C16H12ClFN2O. The monoisotopic (exact) mass is 302 g/mol. The van der Waals surface area contributed by atoms with Gasteiger partial charge in [0.05, 0.1) is 16.1 Å². The summed E-state index contributed by atoms with van der Waals surface area (Å²) in [6.07, 6.45) is 0. The summed E-state index contributed by atoms with van der Waals surface area (Å²) in [4.78, 5) is 0. The number of hydrogen-bond donors (Lipinski definition) is 1. The predicted octanol–water partition coefficient (Wildman–Crippen LogP) is 4.69. The Kier molecular flexibility index (Phi) is 3.39. The summed E-state index contributed by atoms with van der Waals surface area (Å²) < 4.78 is 19.4. The average molecular weight is 303 g/mol. The zero-order valence-corrected chi connectivity index (χ0v) is 12.0. The highest BCUT2D eigenvalue weighted by Crippen LogP contribution is 2.39. The van der Waals surface area contributed by atoms with Gasteiger partial charge in [-0.1, -0.05) is 52.7 Å². The van der Waals surface area contributed by atoms with Crippen molar-refractivity contribution < 1.29 is 8.91 Å². The van der Waals surface area contributed by atoms with Crippen LogP contribution in [0.25, 0.3) is 22.5 Å². The number of benzene rings is 2. The molecule has 0 saturated heterocycles. The molecule has 3 nitrogen and oxygen atoms in total. The Morgan fingerprint density at radius 1 is 1.19 bits per heavy atom. The minimum absolute atomic E-state index is 0.0256. The molecule has 21 heavy (non-hydrogen) atoms. The van der Waals surface area contributed by atoms with Crippen molar-refractivity contribution in [2.24, 2.45) is 0 Å². The van der Waals surface area contributed by atoms with Crippen LogP contribution < -0.4 is 5.73 Å².